The molecule has 2 rings (SSSR count). The number of carbonyl (C=O) groups is 2. The molecule has 1 aliphatic rings. The molecule has 0 aliphatic heterocycles. The van der Waals surface area contributed by atoms with Gasteiger partial charge in [-0.05, 0) is 49.8 Å². The minimum Gasteiger partial charge on any atom is -0.465 e. The summed E-state index contributed by atoms with van der Waals surface area (Å²) in [6.45, 7) is 2.54. The lowest BCUT2D eigenvalue weighted by molar-refractivity contribution is -0.145. The molecule has 0 spiro atoms. The van der Waals surface area contributed by atoms with Gasteiger partial charge in [-0.15, -0.1) is 0 Å². The maximum atomic E-state index is 12.6. The number of aromatic nitrogens is 1. The van der Waals surface area contributed by atoms with Crippen LogP contribution in [0.4, 0.5) is 0 Å². The Kier molecular flexibility index (Phi) is 12.3. The molecule has 0 N–H and O–H groups in total. The van der Waals surface area contributed by atoms with Crippen LogP contribution in [0, 0.1) is 16.9 Å². The van der Waals surface area contributed by atoms with Gasteiger partial charge in [0.1, 0.15) is 0 Å². The van der Waals surface area contributed by atoms with Gasteiger partial charge in [0.15, 0.2) is 0 Å². The number of amides is 1. The summed E-state index contributed by atoms with van der Waals surface area (Å²) in [5, 5.41) is 8.94. The first-order valence-corrected chi connectivity index (χ1v) is 12.6. The number of hydrogen-bond donors (Lipinski definition) is 0. The van der Waals surface area contributed by atoms with Crippen molar-refractivity contribution in [2.24, 2.45) is 10.4 Å². The van der Waals surface area contributed by atoms with Crippen LogP contribution in [0.25, 0.3) is 0 Å². The lowest BCUT2D eigenvalue weighted by atomic mass is 9.86. The zero-order valence-electron chi connectivity index (χ0n) is 20.9. The van der Waals surface area contributed by atoms with Gasteiger partial charge in [-0.1, -0.05) is 38.5 Å². The molecule has 1 amide bonds. The van der Waals surface area contributed by atoms with Crippen molar-refractivity contribution in [2.45, 2.75) is 90.4 Å². The number of carbonyl (C=O) groups excluding carboxylic acids is 2. The summed E-state index contributed by atoms with van der Waals surface area (Å²) < 4.78 is 5.31. The zero-order valence-corrected chi connectivity index (χ0v) is 20.9. The first-order chi connectivity index (χ1) is 16.4. The molecule has 0 atom stereocenters. The Balaban J connectivity index is 1.58. The van der Waals surface area contributed by atoms with Crippen LogP contribution >= 0.6 is 0 Å². The summed E-state index contributed by atoms with van der Waals surface area (Å²) in [5.41, 5.74) is 1.99. The summed E-state index contributed by atoms with van der Waals surface area (Å²) in [7, 11) is 1.88. The molecule has 186 valence electrons. The zero-order chi connectivity index (χ0) is 24.7. The highest BCUT2D eigenvalue weighted by Crippen LogP contribution is 2.39. The van der Waals surface area contributed by atoms with E-state index >= 15 is 0 Å². The van der Waals surface area contributed by atoms with E-state index in [4.69, 9.17) is 10.00 Å². The Morgan fingerprint density at radius 1 is 1.09 bits per heavy atom. The quantitative estimate of drug-likeness (QED) is 0.152. The molecule has 1 aliphatic carbocycles. The Hall–Kier alpha value is -2.75. The van der Waals surface area contributed by atoms with E-state index in [0.29, 0.717) is 26.0 Å². The monoisotopic (exact) mass is 468 g/mol. The summed E-state index contributed by atoms with van der Waals surface area (Å²) in [6.07, 6.45) is 18.2. The van der Waals surface area contributed by atoms with E-state index in [1.807, 2.05) is 30.3 Å². The molecule has 7 heteroatoms. The van der Waals surface area contributed by atoms with E-state index in [-0.39, 0.29) is 17.3 Å². The van der Waals surface area contributed by atoms with Crippen LogP contribution in [0.5, 0.6) is 0 Å². The van der Waals surface area contributed by atoms with Crippen LogP contribution in [0.1, 0.15) is 89.5 Å². The fraction of sp³-hybridized carbons (Fsp3) is 0.667. The average Bonchev–Trinajstić information content (AvgIpc) is 3.28. The van der Waals surface area contributed by atoms with Gasteiger partial charge in [-0.25, -0.2) is 0 Å². The highest BCUT2D eigenvalue weighted by molar-refractivity contribution is 5.87. The van der Waals surface area contributed by atoms with E-state index in [1.165, 1.54) is 6.92 Å². The van der Waals surface area contributed by atoms with Crippen LogP contribution in [0.15, 0.2) is 29.5 Å². The van der Waals surface area contributed by atoms with Gasteiger partial charge in [0.05, 0.1) is 6.61 Å². The first-order valence-electron chi connectivity index (χ1n) is 12.6. The third kappa shape index (κ3) is 10.5. The summed E-state index contributed by atoms with van der Waals surface area (Å²) >= 11 is 0. The van der Waals surface area contributed by atoms with Crippen molar-refractivity contribution in [3.8, 4) is 6.19 Å². The molecular formula is C27H40N4O3. The molecule has 0 aromatic carbocycles. The largest absolute Gasteiger partial charge is 0.465 e. The number of unbranched alkanes of at least 4 members (excludes halogenated alkanes) is 5. The highest BCUT2D eigenvalue weighted by atomic mass is 16.5. The Bertz CT molecular complexity index is 826. The maximum Gasteiger partial charge on any atom is 0.302 e. The van der Waals surface area contributed by atoms with Gasteiger partial charge < -0.3 is 9.64 Å². The van der Waals surface area contributed by atoms with E-state index in [2.05, 4.69) is 9.98 Å². The van der Waals surface area contributed by atoms with Gasteiger partial charge in [0, 0.05) is 56.9 Å². The maximum absolute atomic E-state index is 12.6. The average molecular weight is 469 g/mol. The van der Waals surface area contributed by atoms with Crippen molar-refractivity contribution < 1.29 is 14.3 Å². The minimum atomic E-state index is -0.248. The van der Waals surface area contributed by atoms with Crippen LogP contribution in [-0.4, -0.2) is 47.7 Å². The molecule has 0 unspecified atom stereocenters. The van der Waals surface area contributed by atoms with Gasteiger partial charge in [0.2, 0.25) is 12.1 Å². The number of hydrogen-bond acceptors (Lipinski definition) is 6. The molecule has 1 aromatic rings. The molecule has 34 heavy (non-hydrogen) atoms. The topological polar surface area (TPSA) is 95.7 Å². The van der Waals surface area contributed by atoms with Crippen molar-refractivity contribution in [2.75, 3.05) is 20.2 Å². The third-order valence-electron chi connectivity index (χ3n) is 6.72. The number of aliphatic imine (C=N–C) groups is 1. The standard InChI is InChI=1S/C27H40N4O3/c1-23(32)34-21-27(15-9-10-16-27)20-31(2)26(33)12-8-6-4-3-5-7-11-25(30-22-28)19-24-13-17-29-18-14-24/h13-14,17-18H,3-12,15-16,19-21H2,1-2H3. The van der Waals surface area contributed by atoms with Crippen LogP contribution in [0.2, 0.25) is 0 Å². The number of pyridine rings is 1. The molecule has 0 saturated heterocycles. The molecule has 0 radical (unpaired) electrons. The van der Waals surface area contributed by atoms with Crippen molar-refractivity contribution >= 4 is 17.6 Å². The number of esters is 1. The SMILES string of the molecule is CC(=O)OCC1(CN(C)C(=O)CCCCCCCCC(Cc2ccncc2)=NC#N)CCCC1. The van der Waals surface area contributed by atoms with Crippen molar-refractivity contribution in [3.63, 3.8) is 0 Å². The Labute approximate surface area is 204 Å². The van der Waals surface area contributed by atoms with E-state index < -0.39 is 0 Å². The smallest absolute Gasteiger partial charge is 0.302 e. The number of nitriles is 1. The van der Waals surface area contributed by atoms with Gasteiger partial charge in [0.25, 0.3) is 0 Å². The molecule has 0 bridgehead atoms. The summed E-state index contributed by atoms with van der Waals surface area (Å²) in [6, 6.07) is 3.91. The predicted octanol–water partition coefficient (Wildman–Crippen LogP) is 5.25. The first kappa shape index (κ1) is 27.5. The number of ether oxygens (including phenoxy) is 1. The minimum absolute atomic E-state index is 0.0683. The van der Waals surface area contributed by atoms with Gasteiger partial charge in [-0.3, -0.25) is 14.6 Å². The van der Waals surface area contributed by atoms with E-state index in [0.717, 1.165) is 81.9 Å². The lowest BCUT2D eigenvalue weighted by Crippen LogP contribution is -2.40. The van der Waals surface area contributed by atoms with Crippen LogP contribution in [-0.2, 0) is 20.7 Å². The summed E-state index contributed by atoms with van der Waals surface area (Å²) in [4.78, 5) is 33.7. The summed E-state index contributed by atoms with van der Waals surface area (Å²) in [5.74, 6) is -0.0647. The third-order valence-corrected chi connectivity index (χ3v) is 6.72. The molecule has 7 nitrogen and oxygen atoms in total. The van der Waals surface area contributed by atoms with Crippen molar-refractivity contribution in [1.82, 2.24) is 9.88 Å². The van der Waals surface area contributed by atoms with Crippen molar-refractivity contribution in [1.29, 1.82) is 5.26 Å². The molecule has 1 fully saturated rings. The second kappa shape index (κ2) is 15.2. The van der Waals surface area contributed by atoms with E-state index in [1.54, 1.807) is 12.4 Å². The number of nitrogens with zero attached hydrogens (tertiary/aromatic N) is 4. The van der Waals surface area contributed by atoms with Crippen molar-refractivity contribution in [3.05, 3.63) is 30.1 Å². The van der Waals surface area contributed by atoms with Gasteiger partial charge in [-0.2, -0.15) is 10.3 Å². The fourth-order valence-electron chi connectivity index (χ4n) is 4.81. The number of rotatable bonds is 15. The molecule has 1 aromatic heterocycles. The van der Waals surface area contributed by atoms with E-state index in [9.17, 15) is 9.59 Å². The second-order valence-corrected chi connectivity index (χ2v) is 9.67. The molecule has 1 saturated carbocycles. The predicted molar refractivity (Wildman–Crippen MR) is 133 cm³/mol. The normalized spacial score (nSPS) is 15.0. The highest BCUT2D eigenvalue weighted by Gasteiger charge is 2.37. The fourth-order valence-corrected chi connectivity index (χ4v) is 4.81. The second-order valence-electron chi connectivity index (χ2n) is 9.67. The molecule has 1 heterocycles. The van der Waals surface area contributed by atoms with Crippen LogP contribution < -0.4 is 0 Å². The Morgan fingerprint density at radius 2 is 1.71 bits per heavy atom. The molecular weight excluding hydrogens is 428 g/mol. The Morgan fingerprint density at radius 3 is 2.32 bits per heavy atom. The van der Waals surface area contributed by atoms with Gasteiger partial charge >= 0.3 is 5.97 Å². The lowest BCUT2D eigenvalue weighted by Gasteiger charge is -2.33. The van der Waals surface area contributed by atoms with Crippen LogP contribution in [0.3, 0.4) is 0 Å².